The van der Waals surface area contributed by atoms with Crippen LogP contribution in [0.2, 0.25) is 0 Å². The molecule has 0 spiro atoms. The van der Waals surface area contributed by atoms with Crippen molar-refractivity contribution in [3.8, 4) is 0 Å². The predicted molar refractivity (Wildman–Crippen MR) is 78.0 cm³/mol. The van der Waals surface area contributed by atoms with Crippen LogP contribution in [0.5, 0.6) is 0 Å². The normalized spacial score (nSPS) is 10.3. The standard InChI is InChI=1S/C17H18FNO/c1-13-6-8-14(9-7-13)12-17(20)19-11-10-15-4-2-3-5-16(15)18/h2-9H,10-12H2,1H3,(H,19,20). The fraction of sp³-hybridized carbons (Fsp3) is 0.235. The molecule has 0 atom stereocenters. The number of halogens is 1. The molecule has 0 saturated heterocycles. The molecular weight excluding hydrogens is 253 g/mol. The molecule has 2 aromatic rings. The first-order valence-electron chi connectivity index (χ1n) is 6.71. The smallest absolute Gasteiger partial charge is 0.224 e. The fourth-order valence-corrected chi connectivity index (χ4v) is 1.99. The van der Waals surface area contributed by atoms with Gasteiger partial charge in [-0.2, -0.15) is 0 Å². The highest BCUT2D eigenvalue weighted by Crippen LogP contribution is 2.06. The van der Waals surface area contributed by atoms with Crippen LogP contribution in [0.3, 0.4) is 0 Å². The molecule has 0 saturated carbocycles. The van der Waals surface area contributed by atoms with Crippen molar-refractivity contribution in [2.24, 2.45) is 0 Å². The molecule has 2 aromatic carbocycles. The van der Waals surface area contributed by atoms with Crippen LogP contribution in [-0.2, 0) is 17.6 Å². The van der Waals surface area contributed by atoms with Crippen molar-refractivity contribution in [2.75, 3.05) is 6.54 Å². The first-order valence-corrected chi connectivity index (χ1v) is 6.71. The van der Waals surface area contributed by atoms with Gasteiger partial charge >= 0.3 is 0 Å². The monoisotopic (exact) mass is 271 g/mol. The average Bonchev–Trinajstić information content (AvgIpc) is 2.43. The lowest BCUT2D eigenvalue weighted by molar-refractivity contribution is -0.120. The van der Waals surface area contributed by atoms with Crippen molar-refractivity contribution < 1.29 is 9.18 Å². The molecule has 0 aromatic heterocycles. The van der Waals surface area contributed by atoms with Crippen molar-refractivity contribution in [1.82, 2.24) is 5.32 Å². The summed E-state index contributed by atoms with van der Waals surface area (Å²) in [5.41, 5.74) is 2.79. The third-order valence-corrected chi connectivity index (χ3v) is 3.16. The summed E-state index contributed by atoms with van der Waals surface area (Å²) in [7, 11) is 0. The molecule has 0 bridgehead atoms. The number of benzene rings is 2. The molecule has 0 aliphatic heterocycles. The van der Waals surface area contributed by atoms with Gasteiger partial charge in [-0.05, 0) is 30.5 Å². The van der Waals surface area contributed by atoms with Crippen molar-refractivity contribution in [1.29, 1.82) is 0 Å². The highest BCUT2D eigenvalue weighted by atomic mass is 19.1. The Morgan fingerprint density at radius 1 is 1.10 bits per heavy atom. The summed E-state index contributed by atoms with van der Waals surface area (Å²) >= 11 is 0. The summed E-state index contributed by atoms with van der Waals surface area (Å²) in [6.45, 7) is 2.46. The van der Waals surface area contributed by atoms with E-state index in [0.717, 1.165) is 5.56 Å². The fourth-order valence-electron chi connectivity index (χ4n) is 1.99. The highest BCUT2D eigenvalue weighted by molar-refractivity contribution is 5.78. The predicted octanol–water partition coefficient (Wildman–Crippen LogP) is 3.04. The first-order chi connectivity index (χ1) is 9.65. The number of amides is 1. The van der Waals surface area contributed by atoms with Crippen LogP contribution in [0.1, 0.15) is 16.7 Å². The Labute approximate surface area is 118 Å². The maximum atomic E-state index is 13.4. The van der Waals surface area contributed by atoms with E-state index in [0.29, 0.717) is 24.9 Å². The number of nitrogens with one attached hydrogen (secondary N) is 1. The topological polar surface area (TPSA) is 29.1 Å². The van der Waals surface area contributed by atoms with Gasteiger partial charge in [-0.3, -0.25) is 4.79 Å². The van der Waals surface area contributed by atoms with Crippen molar-refractivity contribution in [3.63, 3.8) is 0 Å². The summed E-state index contributed by atoms with van der Waals surface area (Å²) < 4.78 is 13.4. The third kappa shape index (κ3) is 4.19. The number of hydrogen-bond acceptors (Lipinski definition) is 1. The van der Waals surface area contributed by atoms with E-state index in [2.05, 4.69) is 5.32 Å². The van der Waals surface area contributed by atoms with Crippen LogP contribution in [-0.4, -0.2) is 12.5 Å². The molecule has 0 radical (unpaired) electrons. The number of carbonyl (C=O) groups is 1. The second-order valence-corrected chi connectivity index (χ2v) is 4.85. The molecule has 2 nitrogen and oxygen atoms in total. The molecule has 0 aliphatic carbocycles. The van der Waals surface area contributed by atoms with Gasteiger partial charge in [0.2, 0.25) is 5.91 Å². The van der Waals surface area contributed by atoms with E-state index in [-0.39, 0.29) is 11.7 Å². The molecule has 1 amide bonds. The van der Waals surface area contributed by atoms with E-state index in [1.54, 1.807) is 18.2 Å². The van der Waals surface area contributed by atoms with Crippen LogP contribution in [0.25, 0.3) is 0 Å². The van der Waals surface area contributed by atoms with Crippen LogP contribution >= 0.6 is 0 Å². The Kier molecular flexibility index (Phi) is 4.88. The van der Waals surface area contributed by atoms with E-state index in [1.165, 1.54) is 11.6 Å². The summed E-state index contributed by atoms with van der Waals surface area (Å²) in [5, 5.41) is 2.82. The molecule has 20 heavy (non-hydrogen) atoms. The lowest BCUT2D eigenvalue weighted by Crippen LogP contribution is -2.27. The highest BCUT2D eigenvalue weighted by Gasteiger charge is 2.04. The van der Waals surface area contributed by atoms with Gasteiger partial charge in [-0.15, -0.1) is 0 Å². The van der Waals surface area contributed by atoms with Gasteiger partial charge in [-0.1, -0.05) is 48.0 Å². The molecule has 2 rings (SSSR count). The summed E-state index contributed by atoms with van der Waals surface area (Å²) in [5.74, 6) is -0.259. The summed E-state index contributed by atoms with van der Waals surface area (Å²) in [6, 6.07) is 14.5. The Hall–Kier alpha value is -2.16. The molecule has 104 valence electrons. The molecule has 0 heterocycles. The SMILES string of the molecule is Cc1ccc(CC(=O)NCCc2ccccc2F)cc1. The largest absolute Gasteiger partial charge is 0.355 e. The van der Waals surface area contributed by atoms with Crippen molar-refractivity contribution >= 4 is 5.91 Å². The Bertz CT molecular complexity index is 578. The Balaban J connectivity index is 1.78. The molecule has 1 N–H and O–H groups in total. The molecule has 0 unspecified atom stereocenters. The Morgan fingerprint density at radius 3 is 2.50 bits per heavy atom. The minimum absolute atomic E-state index is 0.0369. The Morgan fingerprint density at radius 2 is 1.80 bits per heavy atom. The van der Waals surface area contributed by atoms with E-state index >= 15 is 0 Å². The van der Waals surface area contributed by atoms with Gasteiger partial charge < -0.3 is 5.32 Å². The van der Waals surface area contributed by atoms with Crippen LogP contribution in [0, 0.1) is 12.7 Å². The minimum Gasteiger partial charge on any atom is -0.355 e. The molecule has 3 heteroatoms. The van der Waals surface area contributed by atoms with E-state index < -0.39 is 0 Å². The zero-order valence-corrected chi connectivity index (χ0v) is 11.5. The number of carbonyl (C=O) groups excluding carboxylic acids is 1. The van der Waals surface area contributed by atoms with Crippen LogP contribution in [0.15, 0.2) is 48.5 Å². The first kappa shape index (κ1) is 14.3. The van der Waals surface area contributed by atoms with Crippen molar-refractivity contribution in [2.45, 2.75) is 19.8 Å². The van der Waals surface area contributed by atoms with Gasteiger partial charge in [-0.25, -0.2) is 4.39 Å². The van der Waals surface area contributed by atoms with Crippen LogP contribution in [0.4, 0.5) is 4.39 Å². The second kappa shape index (κ2) is 6.85. The van der Waals surface area contributed by atoms with E-state index in [9.17, 15) is 9.18 Å². The zero-order chi connectivity index (χ0) is 14.4. The van der Waals surface area contributed by atoms with Crippen LogP contribution < -0.4 is 5.32 Å². The molecule has 0 aliphatic rings. The number of rotatable bonds is 5. The minimum atomic E-state index is -0.222. The van der Waals surface area contributed by atoms with Gasteiger partial charge in [0.25, 0.3) is 0 Å². The van der Waals surface area contributed by atoms with Crippen molar-refractivity contribution in [3.05, 3.63) is 71.0 Å². The summed E-state index contributed by atoms with van der Waals surface area (Å²) in [4.78, 5) is 11.8. The number of hydrogen-bond donors (Lipinski definition) is 1. The van der Waals surface area contributed by atoms with Gasteiger partial charge in [0, 0.05) is 6.54 Å². The van der Waals surface area contributed by atoms with Gasteiger partial charge in [0.1, 0.15) is 5.82 Å². The molecular formula is C17H18FNO. The van der Waals surface area contributed by atoms with Gasteiger partial charge in [0.15, 0.2) is 0 Å². The maximum Gasteiger partial charge on any atom is 0.224 e. The quantitative estimate of drug-likeness (QED) is 0.889. The number of aryl methyl sites for hydroxylation is 1. The summed E-state index contributed by atoms with van der Waals surface area (Å²) in [6.07, 6.45) is 0.865. The zero-order valence-electron chi connectivity index (χ0n) is 11.5. The maximum absolute atomic E-state index is 13.4. The van der Waals surface area contributed by atoms with Gasteiger partial charge in [0.05, 0.1) is 6.42 Å². The molecule has 0 fully saturated rings. The second-order valence-electron chi connectivity index (χ2n) is 4.85. The lowest BCUT2D eigenvalue weighted by atomic mass is 10.1. The van der Waals surface area contributed by atoms with E-state index in [1.807, 2.05) is 31.2 Å². The third-order valence-electron chi connectivity index (χ3n) is 3.16. The van der Waals surface area contributed by atoms with E-state index in [4.69, 9.17) is 0 Å². The average molecular weight is 271 g/mol. The lowest BCUT2D eigenvalue weighted by Gasteiger charge is -2.06.